The summed E-state index contributed by atoms with van der Waals surface area (Å²) < 4.78 is 40.9. The van der Waals surface area contributed by atoms with Crippen molar-refractivity contribution >= 4 is 5.57 Å². The quantitative estimate of drug-likeness (QED) is 0.281. The van der Waals surface area contributed by atoms with Crippen molar-refractivity contribution in [1.82, 2.24) is 19.6 Å². The normalized spacial score (nSPS) is 18.3. The Hall–Kier alpha value is -2.97. The summed E-state index contributed by atoms with van der Waals surface area (Å²) in [5.41, 5.74) is 4.03. The molecule has 2 fully saturated rings. The molecule has 0 bridgehead atoms. The molecule has 4 nitrogen and oxygen atoms in total. The Morgan fingerprint density at radius 1 is 0.619 bits per heavy atom. The van der Waals surface area contributed by atoms with E-state index < -0.39 is 0 Å². The number of halogens is 3. The van der Waals surface area contributed by atoms with Gasteiger partial charge in [0.2, 0.25) is 0 Å². The molecule has 42 heavy (non-hydrogen) atoms. The fraction of sp³-hybridized carbons (Fsp3) is 0.429. The molecular weight excluding hydrogens is 533 g/mol. The van der Waals surface area contributed by atoms with E-state index in [2.05, 4.69) is 39.5 Å². The topological polar surface area (TPSA) is 13.0 Å². The monoisotopic (exact) mass is 576 g/mol. The van der Waals surface area contributed by atoms with E-state index >= 15 is 0 Å². The second kappa shape index (κ2) is 14.5. The highest BCUT2D eigenvalue weighted by Crippen LogP contribution is 2.27. The Labute approximate surface area is 249 Å². The van der Waals surface area contributed by atoms with Crippen molar-refractivity contribution in [2.75, 3.05) is 65.4 Å². The van der Waals surface area contributed by atoms with Crippen LogP contribution in [-0.2, 0) is 0 Å². The van der Waals surface area contributed by atoms with Crippen molar-refractivity contribution in [2.45, 2.75) is 32.4 Å². The van der Waals surface area contributed by atoms with Crippen molar-refractivity contribution in [2.24, 2.45) is 0 Å². The van der Waals surface area contributed by atoms with Crippen molar-refractivity contribution in [1.29, 1.82) is 0 Å². The van der Waals surface area contributed by atoms with Gasteiger partial charge in [0, 0.05) is 77.5 Å². The molecule has 5 rings (SSSR count). The van der Waals surface area contributed by atoms with Gasteiger partial charge in [-0.15, -0.1) is 0 Å². The van der Waals surface area contributed by atoms with E-state index in [1.165, 1.54) is 29.8 Å². The molecule has 3 aromatic carbocycles. The van der Waals surface area contributed by atoms with Gasteiger partial charge in [0.05, 0.1) is 0 Å². The second-order valence-electron chi connectivity index (χ2n) is 11.8. The fourth-order valence-electron chi connectivity index (χ4n) is 6.17. The Kier molecular flexibility index (Phi) is 10.5. The first kappa shape index (κ1) is 30.5. The van der Waals surface area contributed by atoms with Gasteiger partial charge < -0.3 is 4.90 Å². The standard InChI is InChI=1S/C35H43F3N4/c1-27(2)41-22-24-42(25-23-41)35(30-9-15-33(38)16-10-30)26-40-20-18-39(19-21-40)17-3-4-34(28-5-11-31(36)12-6-28)29-7-13-32(37)14-8-29/h4-16,27,35H,3,17-26H2,1-2H3. The number of piperazine rings is 2. The number of hydrogen-bond donors (Lipinski definition) is 0. The van der Waals surface area contributed by atoms with E-state index in [1.807, 2.05) is 12.1 Å². The zero-order valence-electron chi connectivity index (χ0n) is 24.9. The summed E-state index contributed by atoms with van der Waals surface area (Å²) in [5.74, 6) is -0.726. The highest BCUT2D eigenvalue weighted by atomic mass is 19.1. The molecule has 224 valence electrons. The lowest BCUT2D eigenvalue weighted by molar-refractivity contribution is 0.0484. The van der Waals surface area contributed by atoms with E-state index in [-0.39, 0.29) is 23.5 Å². The van der Waals surface area contributed by atoms with Crippen LogP contribution in [0.15, 0.2) is 78.9 Å². The summed E-state index contributed by atoms with van der Waals surface area (Å²) in [7, 11) is 0. The SMILES string of the molecule is CC(C)N1CCN(C(CN2CCN(CCC=C(c3ccc(F)cc3)c3ccc(F)cc3)CC2)c2ccc(F)cc2)CC1. The molecule has 1 atom stereocenters. The highest BCUT2D eigenvalue weighted by molar-refractivity contribution is 5.79. The summed E-state index contributed by atoms with van der Waals surface area (Å²) in [6, 6.07) is 20.9. The lowest BCUT2D eigenvalue weighted by Gasteiger charge is -2.43. The van der Waals surface area contributed by atoms with Crippen molar-refractivity contribution in [3.05, 3.63) is 113 Å². The first-order valence-electron chi connectivity index (χ1n) is 15.3. The van der Waals surface area contributed by atoms with Crippen LogP contribution < -0.4 is 0 Å². The van der Waals surface area contributed by atoms with Crippen LogP contribution in [0.4, 0.5) is 13.2 Å². The van der Waals surface area contributed by atoms with Crippen LogP contribution in [-0.4, -0.2) is 91.1 Å². The first-order chi connectivity index (χ1) is 20.4. The smallest absolute Gasteiger partial charge is 0.123 e. The van der Waals surface area contributed by atoms with Crippen LogP contribution in [0.3, 0.4) is 0 Å². The van der Waals surface area contributed by atoms with Gasteiger partial charge in [-0.25, -0.2) is 13.2 Å². The van der Waals surface area contributed by atoms with E-state index in [9.17, 15) is 13.2 Å². The minimum absolute atomic E-state index is 0.188. The van der Waals surface area contributed by atoms with E-state index in [0.717, 1.165) is 88.6 Å². The average molecular weight is 577 g/mol. The van der Waals surface area contributed by atoms with Gasteiger partial charge in [0.1, 0.15) is 17.5 Å². The molecule has 1 unspecified atom stereocenters. The minimum Gasteiger partial charge on any atom is -0.300 e. The van der Waals surface area contributed by atoms with Crippen molar-refractivity contribution in [3.63, 3.8) is 0 Å². The Bertz CT molecular complexity index is 1230. The lowest BCUT2D eigenvalue weighted by atomic mass is 9.96. The Morgan fingerprint density at radius 3 is 1.57 bits per heavy atom. The predicted octanol–water partition coefficient (Wildman–Crippen LogP) is 6.31. The molecule has 0 radical (unpaired) electrons. The third kappa shape index (κ3) is 8.10. The molecule has 2 heterocycles. The molecule has 2 saturated heterocycles. The number of hydrogen-bond acceptors (Lipinski definition) is 4. The maximum Gasteiger partial charge on any atom is 0.123 e. The van der Waals surface area contributed by atoms with Gasteiger partial charge in [0.15, 0.2) is 0 Å². The fourth-order valence-corrected chi connectivity index (χ4v) is 6.17. The average Bonchev–Trinajstić information content (AvgIpc) is 3.01. The van der Waals surface area contributed by atoms with Gasteiger partial charge >= 0.3 is 0 Å². The van der Waals surface area contributed by atoms with Gasteiger partial charge in [0.25, 0.3) is 0 Å². The zero-order chi connectivity index (χ0) is 29.5. The molecule has 0 N–H and O–H groups in total. The molecule has 0 aromatic heterocycles. The van der Waals surface area contributed by atoms with Crippen molar-refractivity contribution in [3.8, 4) is 0 Å². The predicted molar refractivity (Wildman–Crippen MR) is 165 cm³/mol. The van der Waals surface area contributed by atoms with Gasteiger partial charge in [-0.1, -0.05) is 42.5 Å². The summed E-state index contributed by atoms with van der Waals surface area (Å²) in [4.78, 5) is 10.2. The number of nitrogens with zero attached hydrogens (tertiary/aromatic N) is 4. The molecule has 0 amide bonds. The van der Waals surface area contributed by atoms with Crippen LogP contribution >= 0.6 is 0 Å². The van der Waals surface area contributed by atoms with Crippen LogP contribution in [0.1, 0.15) is 43.0 Å². The second-order valence-corrected chi connectivity index (χ2v) is 11.8. The maximum atomic E-state index is 13.7. The van der Waals surface area contributed by atoms with Crippen molar-refractivity contribution < 1.29 is 13.2 Å². The van der Waals surface area contributed by atoms with E-state index in [4.69, 9.17) is 0 Å². The first-order valence-corrected chi connectivity index (χ1v) is 15.3. The Morgan fingerprint density at radius 2 is 1.07 bits per heavy atom. The molecule has 0 spiro atoms. The molecule has 3 aromatic rings. The summed E-state index contributed by atoms with van der Waals surface area (Å²) >= 11 is 0. The summed E-state index contributed by atoms with van der Waals surface area (Å²) in [6.45, 7) is 14.5. The van der Waals surface area contributed by atoms with Crippen LogP contribution in [0.25, 0.3) is 5.57 Å². The minimum atomic E-state index is -0.269. The van der Waals surface area contributed by atoms with E-state index in [0.29, 0.717) is 6.04 Å². The van der Waals surface area contributed by atoms with Crippen LogP contribution in [0, 0.1) is 17.5 Å². The highest BCUT2D eigenvalue weighted by Gasteiger charge is 2.29. The van der Waals surface area contributed by atoms with E-state index in [1.54, 1.807) is 36.4 Å². The molecule has 0 saturated carbocycles. The summed E-state index contributed by atoms with van der Waals surface area (Å²) in [5, 5.41) is 0. The number of rotatable bonds is 10. The molecule has 2 aliphatic heterocycles. The van der Waals surface area contributed by atoms with Gasteiger partial charge in [-0.05, 0) is 78.9 Å². The summed E-state index contributed by atoms with van der Waals surface area (Å²) in [6.07, 6.45) is 3.04. The van der Waals surface area contributed by atoms with Gasteiger partial charge in [-0.3, -0.25) is 14.7 Å². The Balaban J connectivity index is 1.18. The molecule has 7 heteroatoms. The maximum absolute atomic E-state index is 13.7. The largest absolute Gasteiger partial charge is 0.300 e. The lowest BCUT2D eigenvalue weighted by Crippen LogP contribution is -2.53. The number of benzene rings is 3. The third-order valence-electron chi connectivity index (χ3n) is 8.77. The van der Waals surface area contributed by atoms with Gasteiger partial charge in [-0.2, -0.15) is 0 Å². The van der Waals surface area contributed by atoms with Crippen LogP contribution in [0.5, 0.6) is 0 Å². The molecule has 0 aliphatic carbocycles. The zero-order valence-corrected chi connectivity index (χ0v) is 24.9. The molecule has 2 aliphatic rings. The molecular formula is C35H43F3N4. The third-order valence-corrected chi connectivity index (χ3v) is 8.77. The van der Waals surface area contributed by atoms with Crippen LogP contribution in [0.2, 0.25) is 0 Å².